The zero-order chi connectivity index (χ0) is 30.7. The van der Waals surface area contributed by atoms with Crippen molar-refractivity contribution in [2.24, 2.45) is 5.73 Å². The summed E-state index contributed by atoms with van der Waals surface area (Å²) in [5.41, 5.74) is 8.49. The van der Waals surface area contributed by atoms with E-state index in [0.717, 1.165) is 23.1 Å². The highest BCUT2D eigenvalue weighted by molar-refractivity contribution is 8.01. The van der Waals surface area contributed by atoms with E-state index in [9.17, 15) is 19.2 Å². The van der Waals surface area contributed by atoms with Gasteiger partial charge in [0.25, 0.3) is 0 Å². The predicted octanol–water partition coefficient (Wildman–Crippen LogP) is 4.74. The summed E-state index contributed by atoms with van der Waals surface area (Å²) in [7, 11) is 4.49. The first-order valence-corrected chi connectivity index (χ1v) is 14.9. The largest absolute Gasteiger partial charge is 0.496 e. The number of benzene rings is 2. The second kappa shape index (κ2) is 12.7. The Morgan fingerprint density at radius 2 is 1.88 bits per heavy atom. The van der Waals surface area contributed by atoms with Crippen LogP contribution in [-0.2, 0) is 9.59 Å². The number of methoxy groups -OCH3 is 3. The standard InChI is InChI=1S/C29H27FN6O5S2/c1-39-21-12-23(41-3)22(40-2)11-15(21)25-16(13-31)27(32)36(19-9-6-10-20(37)26(19)25)28-34-35-29(43-28)42-14-24(38)33-18-8-5-4-7-17(18)30/h4-5,7-8,11-12,25H,6,9-10,14,32H2,1-3H3,(H,33,38). The number of aromatic nitrogens is 2. The first-order chi connectivity index (χ1) is 20.8. The van der Waals surface area contributed by atoms with Crippen LogP contribution in [0.3, 0.4) is 0 Å². The Hall–Kier alpha value is -4.61. The Labute approximate surface area is 255 Å². The minimum Gasteiger partial charge on any atom is -0.496 e. The lowest BCUT2D eigenvalue weighted by atomic mass is 9.75. The zero-order valence-electron chi connectivity index (χ0n) is 23.5. The average molecular weight is 623 g/mol. The summed E-state index contributed by atoms with van der Waals surface area (Å²) >= 11 is 2.28. The van der Waals surface area contributed by atoms with Gasteiger partial charge in [-0.05, 0) is 31.0 Å². The van der Waals surface area contributed by atoms with E-state index in [0.29, 0.717) is 62.8 Å². The van der Waals surface area contributed by atoms with Crippen molar-refractivity contribution in [3.05, 3.63) is 70.4 Å². The number of hydrogen-bond acceptors (Lipinski definition) is 12. The number of carbonyl (C=O) groups excluding carboxylic acids is 2. The third-order valence-corrected chi connectivity index (χ3v) is 9.06. The molecular weight excluding hydrogens is 595 g/mol. The fourth-order valence-corrected chi connectivity index (χ4v) is 6.80. The number of anilines is 2. The highest BCUT2D eigenvalue weighted by atomic mass is 32.2. The van der Waals surface area contributed by atoms with Gasteiger partial charge >= 0.3 is 0 Å². The summed E-state index contributed by atoms with van der Waals surface area (Å²) < 4.78 is 30.9. The molecule has 1 atom stereocenters. The van der Waals surface area contributed by atoms with E-state index in [2.05, 4.69) is 21.6 Å². The molecule has 0 saturated carbocycles. The second-order valence-corrected chi connectivity index (χ2v) is 11.6. The van der Waals surface area contributed by atoms with Crippen LogP contribution in [0.15, 0.2) is 63.4 Å². The van der Waals surface area contributed by atoms with Gasteiger partial charge in [0.1, 0.15) is 17.4 Å². The quantitative estimate of drug-likeness (QED) is 0.318. The van der Waals surface area contributed by atoms with Gasteiger partial charge in [-0.25, -0.2) is 4.39 Å². The van der Waals surface area contributed by atoms with Gasteiger partial charge in [-0.15, -0.1) is 10.2 Å². The van der Waals surface area contributed by atoms with Crippen LogP contribution in [0.5, 0.6) is 17.2 Å². The van der Waals surface area contributed by atoms with E-state index >= 15 is 0 Å². The van der Waals surface area contributed by atoms with Crippen molar-refractivity contribution >= 4 is 45.6 Å². The third kappa shape index (κ3) is 5.73. The number of para-hydroxylation sites is 1. The molecule has 1 aliphatic carbocycles. The van der Waals surface area contributed by atoms with Gasteiger partial charge in [0.2, 0.25) is 11.0 Å². The summed E-state index contributed by atoms with van der Waals surface area (Å²) in [6, 6.07) is 11.5. The molecule has 3 N–H and O–H groups in total. The lowest BCUT2D eigenvalue weighted by Crippen LogP contribution is -2.38. The average Bonchev–Trinajstić information content (AvgIpc) is 3.48. The summed E-state index contributed by atoms with van der Waals surface area (Å²) in [5, 5.41) is 21.7. The van der Waals surface area contributed by atoms with Gasteiger partial charge in [-0.1, -0.05) is 35.2 Å². The van der Waals surface area contributed by atoms with Crippen LogP contribution in [0.25, 0.3) is 0 Å². The van der Waals surface area contributed by atoms with Crippen molar-refractivity contribution < 1.29 is 28.2 Å². The van der Waals surface area contributed by atoms with Crippen molar-refractivity contribution in [2.45, 2.75) is 29.5 Å². The number of rotatable bonds is 9. The zero-order valence-corrected chi connectivity index (χ0v) is 25.1. The number of Topliss-reactive ketones (excluding diaryl/α,β-unsaturated/α-hetero) is 1. The minimum absolute atomic E-state index is 0.0364. The lowest BCUT2D eigenvalue weighted by Gasteiger charge is -2.38. The number of thioether (sulfide) groups is 1. The molecule has 0 spiro atoms. The molecule has 1 amide bonds. The number of allylic oxidation sites excluding steroid dienone is 3. The van der Waals surface area contributed by atoms with Gasteiger partial charge in [-0.2, -0.15) is 5.26 Å². The molecule has 1 aromatic heterocycles. The van der Waals surface area contributed by atoms with Crippen LogP contribution >= 0.6 is 23.1 Å². The van der Waals surface area contributed by atoms with Gasteiger partial charge in [0.15, 0.2) is 21.6 Å². The lowest BCUT2D eigenvalue weighted by molar-refractivity contribution is -0.116. The Balaban J connectivity index is 1.49. The number of hydrogen-bond donors (Lipinski definition) is 2. The van der Waals surface area contributed by atoms with Gasteiger partial charge in [-0.3, -0.25) is 14.5 Å². The molecule has 0 saturated heterocycles. The Kier molecular flexibility index (Phi) is 8.84. The third-order valence-electron chi connectivity index (χ3n) is 7.02. The summed E-state index contributed by atoms with van der Waals surface area (Å²) in [6.45, 7) is 0. The van der Waals surface area contributed by atoms with Gasteiger partial charge < -0.3 is 25.3 Å². The van der Waals surface area contributed by atoms with E-state index in [4.69, 9.17) is 19.9 Å². The molecule has 2 heterocycles. The molecule has 14 heteroatoms. The molecule has 3 aromatic rings. The molecule has 0 radical (unpaired) electrons. The van der Waals surface area contributed by atoms with E-state index in [-0.39, 0.29) is 28.6 Å². The molecule has 222 valence electrons. The molecular formula is C29H27FN6O5S2. The maximum absolute atomic E-state index is 13.9. The Morgan fingerprint density at radius 3 is 2.58 bits per heavy atom. The molecule has 11 nitrogen and oxygen atoms in total. The molecule has 5 rings (SSSR count). The van der Waals surface area contributed by atoms with Crippen LogP contribution in [0, 0.1) is 17.1 Å². The SMILES string of the molecule is COc1cc(OC)c(C2C(C#N)=C(N)N(c3nnc(SCC(=O)Nc4ccccc4F)s3)C3=C2C(=O)CCC3)cc1OC. The van der Waals surface area contributed by atoms with Crippen molar-refractivity contribution in [3.63, 3.8) is 0 Å². The van der Waals surface area contributed by atoms with Crippen LogP contribution in [-0.4, -0.2) is 49.0 Å². The van der Waals surface area contributed by atoms with Crippen LogP contribution in [0.2, 0.25) is 0 Å². The first-order valence-electron chi connectivity index (χ1n) is 13.1. The molecule has 2 aliphatic rings. The number of ketones is 1. The molecule has 0 fully saturated rings. The Bertz CT molecular complexity index is 1700. The van der Waals surface area contributed by atoms with E-state index in [1.165, 1.54) is 39.5 Å². The van der Waals surface area contributed by atoms with E-state index < -0.39 is 17.6 Å². The molecule has 1 aliphatic heterocycles. The predicted molar refractivity (Wildman–Crippen MR) is 160 cm³/mol. The van der Waals surface area contributed by atoms with Gasteiger partial charge in [0, 0.05) is 29.3 Å². The number of nitrogens with one attached hydrogen (secondary N) is 1. The summed E-state index contributed by atoms with van der Waals surface area (Å²) in [4.78, 5) is 27.6. The van der Waals surface area contributed by atoms with Crippen molar-refractivity contribution in [1.29, 1.82) is 5.26 Å². The van der Waals surface area contributed by atoms with Crippen molar-refractivity contribution in [3.8, 4) is 23.3 Å². The van der Waals surface area contributed by atoms with Crippen LogP contribution in [0.4, 0.5) is 15.2 Å². The highest BCUT2D eigenvalue weighted by Crippen LogP contribution is 2.50. The number of nitriles is 1. The van der Waals surface area contributed by atoms with Crippen molar-refractivity contribution in [2.75, 3.05) is 37.3 Å². The highest BCUT2D eigenvalue weighted by Gasteiger charge is 2.42. The fourth-order valence-electron chi connectivity index (χ4n) is 5.12. The number of nitrogens with two attached hydrogens (primary N) is 1. The Morgan fingerprint density at radius 1 is 1.16 bits per heavy atom. The topological polar surface area (TPSA) is 153 Å². The van der Waals surface area contributed by atoms with Crippen LogP contribution < -0.4 is 30.2 Å². The number of halogens is 1. The second-order valence-electron chi connectivity index (χ2n) is 9.43. The fraction of sp³-hybridized carbons (Fsp3) is 0.276. The van der Waals surface area contributed by atoms with Crippen molar-refractivity contribution in [1.82, 2.24) is 10.2 Å². The number of nitrogens with zero attached hydrogens (tertiary/aromatic N) is 4. The summed E-state index contributed by atoms with van der Waals surface area (Å²) in [5.74, 6) is -0.535. The number of ether oxygens (including phenoxy) is 3. The maximum atomic E-state index is 13.9. The molecule has 1 unspecified atom stereocenters. The maximum Gasteiger partial charge on any atom is 0.234 e. The first kappa shape index (κ1) is 29.9. The number of amides is 1. The van der Waals surface area contributed by atoms with Gasteiger partial charge in [0.05, 0.1) is 50.3 Å². The summed E-state index contributed by atoms with van der Waals surface area (Å²) in [6.07, 6.45) is 1.42. The monoisotopic (exact) mass is 622 g/mol. The molecule has 2 aromatic carbocycles. The van der Waals surface area contributed by atoms with E-state index in [1.54, 1.807) is 23.1 Å². The molecule has 0 bridgehead atoms. The van der Waals surface area contributed by atoms with Crippen LogP contribution in [0.1, 0.15) is 30.7 Å². The number of carbonyl (C=O) groups is 2. The smallest absolute Gasteiger partial charge is 0.234 e. The minimum atomic E-state index is -0.803. The molecule has 43 heavy (non-hydrogen) atoms. The normalized spacial score (nSPS) is 16.5. The van der Waals surface area contributed by atoms with E-state index in [1.807, 2.05) is 0 Å².